The zero-order valence-corrected chi connectivity index (χ0v) is 11.9. The lowest BCUT2D eigenvalue weighted by Gasteiger charge is -2.31. The third-order valence-corrected chi connectivity index (χ3v) is 4.72. The van der Waals surface area contributed by atoms with Crippen molar-refractivity contribution in [1.82, 2.24) is 4.90 Å². The second-order valence-corrected chi connectivity index (χ2v) is 6.72. The average molecular weight is 267 g/mol. The molecule has 1 aromatic heterocycles. The number of hydrogen-bond donors (Lipinski definition) is 1. The molecule has 0 atom stereocenters. The van der Waals surface area contributed by atoms with Gasteiger partial charge in [0.15, 0.2) is 0 Å². The number of aryl methyl sites for hydroxylation is 2. The summed E-state index contributed by atoms with van der Waals surface area (Å²) in [5.74, 6) is -0.276. The second-order valence-electron chi connectivity index (χ2n) is 5.26. The van der Waals surface area contributed by atoms with Crippen LogP contribution in [0.2, 0.25) is 0 Å². The van der Waals surface area contributed by atoms with Gasteiger partial charge in [0.2, 0.25) is 0 Å². The zero-order valence-electron chi connectivity index (χ0n) is 11.1. The third-order valence-electron chi connectivity index (χ3n) is 3.71. The number of aliphatic carboxylic acids is 1. The van der Waals surface area contributed by atoms with Gasteiger partial charge in [0, 0.05) is 22.7 Å². The van der Waals surface area contributed by atoms with E-state index in [1.54, 1.807) is 0 Å². The Balaban J connectivity index is 1.83. The van der Waals surface area contributed by atoms with Crippen LogP contribution in [-0.2, 0) is 11.3 Å². The fourth-order valence-corrected chi connectivity index (χ4v) is 3.62. The Morgan fingerprint density at radius 2 is 2.11 bits per heavy atom. The van der Waals surface area contributed by atoms with E-state index in [9.17, 15) is 4.79 Å². The standard InChI is InChI=1S/C14H21NO2S/c1-10-7-13(11(2)18-10)9-15-5-3-12(4-6-15)8-14(16)17/h7,12H,3-6,8-9H2,1-2H3,(H,16,17). The van der Waals surface area contributed by atoms with E-state index in [-0.39, 0.29) is 0 Å². The Kier molecular flexibility index (Phi) is 4.40. The van der Waals surface area contributed by atoms with E-state index < -0.39 is 5.97 Å². The number of likely N-dealkylation sites (tertiary alicyclic amines) is 1. The van der Waals surface area contributed by atoms with Gasteiger partial charge >= 0.3 is 5.97 Å². The van der Waals surface area contributed by atoms with Crippen LogP contribution >= 0.6 is 11.3 Å². The number of nitrogens with zero attached hydrogens (tertiary/aromatic N) is 1. The van der Waals surface area contributed by atoms with Gasteiger partial charge in [-0.25, -0.2) is 0 Å². The largest absolute Gasteiger partial charge is 0.481 e. The van der Waals surface area contributed by atoms with Crippen LogP contribution in [0.25, 0.3) is 0 Å². The van der Waals surface area contributed by atoms with Crippen LogP contribution < -0.4 is 0 Å². The van der Waals surface area contributed by atoms with Gasteiger partial charge in [-0.05, 0) is 57.3 Å². The van der Waals surface area contributed by atoms with Crippen LogP contribution in [-0.4, -0.2) is 29.1 Å². The molecule has 1 N–H and O–H groups in total. The first-order chi connectivity index (χ1) is 8.54. The summed E-state index contributed by atoms with van der Waals surface area (Å²) in [5.41, 5.74) is 1.44. The molecule has 0 unspecified atom stereocenters. The first-order valence-electron chi connectivity index (χ1n) is 6.54. The minimum Gasteiger partial charge on any atom is -0.481 e. The highest BCUT2D eigenvalue weighted by molar-refractivity contribution is 7.12. The molecular weight excluding hydrogens is 246 g/mol. The molecule has 100 valence electrons. The first kappa shape index (κ1) is 13.6. The lowest BCUT2D eigenvalue weighted by molar-refractivity contribution is -0.138. The second kappa shape index (κ2) is 5.85. The van der Waals surface area contributed by atoms with Crippen LogP contribution in [0.4, 0.5) is 0 Å². The molecule has 0 spiro atoms. The van der Waals surface area contributed by atoms with Gasteiger partial charge in [-0.3, -0.25) is 9.69 Å². The molecule has 0 radical (unpaired) electrons. The number of thiophene rings is 1. The smallest absolute Gasteiger partial charge is 0.303 e. The fraction of sp³-hybridized carbons (Fsp3) is 0.643. The molecule has 0 saturated carbocycles. The summed E-state index contributed by atoms with van der Waals surface area (Å²) in [6.45, 7) is 7.43. The van der Waals surface area contributed by atoms with E-state index in [2.05, 4.69) is 24.8 Å². The molecule has 1 fully saturated rings. The highest BCUT2D eigenvalue weighted by atomic mass is 32.1. The monoisotopic (exact) mass is 267 g/mol. The molecule has 4 heteroatoms. The maximum atomic E-state index is 10.7. The Bertz CT molecular complexity index is 419. The lowest BCUT2D eigenvalue weighted by atomic mass is 9.93. The van der Waals surface area contributed by atoms with Gasteiger partial charge in [0.1, 0.15) is 0 Å². The first-order valence-corrected chi connectivity index (χ1v) is 7.36. The quantitative estimate of drug-likeness (QED) is 0.911. The van der Waals surface area contributed by atoms with Gasteiger partial charge in [0.25, 0.3) is 0 Å². The summed E-state index contributed by atoms with van der Waals surface area (Å²) in [5, 5.41) is 8.79. The van der Waals surface area contributed by atoms with Crippen molar-refractivity contribution >= 4 is 17.3 Å². The maximum absolute atomic E-state index is 10.7. The predicted molar refractivity (Wildman–Crippen MR) is 74.0 cm³/mol. The molecule has 1 aliphatic rings. The molecule has 0 amide bonds. The molecule has 2 heterocycles. The molecule has 0 aliphatic carbocycles. The van der Waals surface area contributed by atoms with Crippen LogP contribution in [0, 0.1) is 19.8 Å². The van der Waals surface area contributed by atoms with E-state index in [0.717, 1.165) is 32.5 Å². The summed E-state index contributed by atoms with van der Waals surface area (Å²) >= 11 is 1.86. The highest BCUT2D eigenvalue weighted by Gasteiger charge is 2.21. The van der Waals surface area contributed by atoms with Crippen molar-refractivity contribution in [2.45, 2.75) is 39.7 Å². The van der Waals surface area contributed by atoms with E-state index in [1.165, 1.54) is 15.3 Å². The highest BCUT2D eigenvalue weighted by Crippen LogP contribution is 2.25. The fourth-order valence-electron chi connectivity index (χ4n) is 2.68. The number of hydrogen-bond acceptors (Lipinski definition) is 3. The van der Waals surface area contributed by atoms with Gasteiger partial charge in [0.05, 0.1) is 0 Å². The van der Waals surface area contributed by atoms with E-state index in [4.69, 9.17) is 5.11 Å². The normalized spacial score (nSPS) is 18.1. The summed E-state index contributed by atoms with van der Waals surface area (Å²) in [6.07, 6.45) is 2.38. The molecule has 1 aromatic rings. The Hall–Kier alpha value is -0.870. The average Bonchev–Trinajstić information content (AvgIpc) is 2.59. The summed E-state index contributed by atoms with van der Waals surface area (Å²) in [7, 11) is 0. The molecule has 1 aliphatic heterocycles. The van der Waals surface area contributed by atoms with Gasteiger partial charge in [-0.2, -0.15) is 0 Å². The predicted octanol–water partition coefficient (Wildman–Crippen LogP) is 3.05. The third kappa shape index (κ3) is 3.56. The van der Waals surface area contributed by atoms with Gasteiger partial charge in [-0.1, -0.05) is 0 Å². The minimum absolute atomic E-state index is 0.338. The Morgan fingerprint density at radius 1 is 1.44 bits per heavy atom. The minimum atomic E-state index is -0.655. The summed E-state index contributed by atoms with van der Waals surface area (Å²) in [6, 6.07) is 2.28. The van der Waals surface area contributed by atoms with E-state index in [1.807, 2.05) is 11.3 Å². The number of carboxylic acid groups (broad SMARTS) is 1. The van der Waals surface area contributed by atoms with Crippen molar-refractivity contribution in [2.24, 2.45) is 5.92 Å². The molecule has 2 rings (SSSR count). The number of rotatable bonds is 4. The van der Waals surface area contributed by atoms with Crippen LogP contribution in [0.1, 0.15) is 34.6 Å². The number of carbonyl (C=O) groups is 1. The van der Waals surface area contributed by atoms with Crippen molar-refractivity contribution in [3.63, 3.8) is 0 Å². The molecule has 3 nitrogen and oxygen atoms in total. The van der Waals surface area contributed by atoms with Gasteiger partial charge in [-0.15, -0.1) is 11.3 Å². The SMILES string of the molecule is Cc1cc(CN2CCC(CC(=O)O)CC2)c(C)s1. The Labute approximate surface area is 112 Å². The Morgan fingerprint density at radius 3 is 2.61 bits per heavy atom. The van der Waals surface area contributed by atoms with Crippen molar-refractivity contribution in [3.05, 3.63) is 21.4 Å². The van der Waals surface area contributed by atoms with Crippen LogP contribution in [0.15, 0.2) is 6.07 Å². The van der Waals surface area contributed by atoms with Crippen LogP contribution in [0.5, 0.6) is 0 Å². The van der Waals surface area contributed by atoms with E-state index >= 15 is 0 Å². The van der Waals surface area contributed by atoms with Crippen molar-refractivity contribution in [3.8, 4) is 0 Å². The van der Waals surface area contributed by atoms with Gasteiger partial charge < -0.3 is 5.11 Å². The molecule has 1 saturated heterocycles. The molecule has 0 bridgehead atoms. The summed E-state index contributed by atoms with van der Waals surface area (Å²) < 4.78 is 0. The topological polar surface area (TPSA) is 40.5 Å². The maximum Gasteiger partial charge on any atom is 0.303 e. The molecule has 0 aromatic carbocycles. The van der Waals surface area contributed by atoms with Crippen molar-refractivity contribution < 1.29 is 9.90 Å². The lowest BCUT2D eigenvalue weighted by Crippen LogP contribution is -2.33. The molecule has 18 heavy (non-hydrogen) atoms. The van der Waals surface area contributed by atoms with E-state index in [0.29, 0.717) is 12.3 Å². The van der Waals surface area contributed by atoms with Crippen LogP contribution in [0.3, 0.4) is 0 Å². The van der Waals surface area contributed by atoms with Crippen molar-refractivity contribution in [1.29, 1.82) is 0 Å². The summed E-state index contributed by atoms with van der Waals surface area (Å²) in [4.78, 5) is 15.9. The number of piperidine rings is 1. The number of carboxylic acids is 1. The zero-order chi connectivity index (χ0) is 13.1. The van der Waals surface area contributed by atoms with Crippen molar-refractivity contribution in [2.75, 3.05) is 13.1 Å². The molecular formula is C14H21NO2S.